The van der Waals surface area contributed by atoms with E-state index in [1.807, 2.05) is 18.3 Å². The second kappa shape index (κ2) is 22.2. The highest BCUT2D eigenvalue weighted by atomic mass is 16.6. The zero-order valence-corrected chi connectivity index (χ0v) is 16.6. The third-order valence-electron chi connectivity index (χ3n) is 3.02. The molecule has 0 bridgehead atoms. The fourth-order valence-electron chi connectivity index (χ4n) is 1.78. The van der Waals surface area contributed by atoms with Crippen LogP contribution in [0.25, 0.3) is 0 Å². The summed E-state index contributed by atoms with van der Waals surface area (Å²) in [5.41, 5.74) is 7.13. The highest BCUT2D eigenvalue weighted by Crippen LogP contribution is 2.01. The minimum atomic E-state index is 0. The van der Waals surface area contributed by atoms with Crippen LogP contribution in [0, 0.1) is 0 Å². The Hall–Kier alpha value is -0.860. The largest absolute Gasteiger partial charge is 0.379 e. The maximum absolute atomic E-state index is 5.50. The Labute approximate surface area is 161 Å². The number of hydrazine groups is 2. The molecule has 1 aliphatic heterocycles. The van der Waals surface area contributed by atoms with E-state index in [-0.39, 0.29) is 7.43 Å². The first-order chi connectivity index (χ1) is 12.2. The molecule has 1 heterocycles. The molecule has 2 N–H and O–H groups in total. The Bertz CT molecular complexity index is 305. The highest BCUT2D eigenvalue weighted by molar-refractivity contribution is 5.00. The third kappa shape index (κ3) is 19.5. The minimum absolute atomic E-state index is 0. The van der Waals surface area contributed by atoms with E-state index in [0.717, 1.165) is 25.1 Å². The first-order valence-electron chi connectivity index (χ1n) is 9.50. The fourth-order valence-corrected chi connectivity index (χ4v) is 1.78. The smallest absolute Gasteiger partial charge is 0.0701 e. The summed E-state index contributed by atoms with van der Waals surface area (Å²) in [5, 5.41) is 1.87. The SMILES string of the molecule is C.CCC.CCCCOCCOCCOCCOCCC1=CN(C)NN1. The zero-order chi connectivity index (χ0) is 18.6. The van der Waals surface area contributed by atoms with Crippen LogP contribution in [0.3, 0.4) is 0 Å². The molecule has 0 saturated heterocycles. The van der Waals surface area contributed by atoms with Gasteiger partial charge in [-0.05, 0) is 6.42 Å². The van der Waals surface area contributed by atoms with E-state index in [9.17, 15) is 0 Å². The normalized spacial score (nSPS) is 12.8. The summed E-state index contributed by atoms with van der Waals surface area (Å²) in [6, 6.07) is 0. The van der Waals surface area contributed by atoms with Crippen LogP contribution in [0.2, 0.25) is 0 Å². The van der Waals surface area contributed by atoms with Crippen molar-refractivity contribution >= 4 is 0 Å². The average molecular weight is 378 g/mol. The molecule has 0 saturated carbocycles. The predicted molar refractivity (Wildman–Crippen MR) is 108 cm³/mol. The van der Waals surface area contributed by atoms with E-state index in [0.29, 0.717) is 46.2 Å². The van der Waals surface area contributed by atoms with Crippen molar-refractivity contribution in [3.8, 4) is 0 Å². The first-order valence-corrected chi connectivity index (χ1v) is 9.50. The molecule has 0 aliphatic carbocycles. The number of nitrogens with one attached hydrogen (secondary N) is 2. The highest BCUT2D eigenvalue weighted by Gasteiger charge is 2.05. The standard InChI is InChI=1S/C15H31N3O4.C3H8.CH4/c1-3-4-6-19-8-10-21-12-13-22-11-9-20-7-5-15-14-18(2)17-16-15;1-3-2;/h14,16-17H,3-13H2,1-2H3;3H2,1-2H3;1H4. The molecule has 0 amide bonds. The summed E-state index contributed by atoms with van der Waals surface area (Å²) in [6.45, 7) is 11.6. The molecule has 0 aromatic carbocycles. The van der Waals surface area contributed by atoms with Gasteiger partial charge >= 0.3 is 0 Å². The van der Waals surface area contributed by atoms with E-state index < -0.39 is 0 Å². The van der Waals surface area contributed by atoms with Crippen LogP contribution in [0.5, 0.6) is 0 Å². The summed E-state index contributed by atoms with van der Waals surface area (Å²) >= 11 is 0. The van der Waals surface area contributed by atoms with Gasteiger partial charge in [-0.2, -0.15) is 0 Å². The first kappa shape index (κ1) is 27.4. The Morgan fingerprint density at radius 2 is 1.27 bits per heavy atom. The summed E-state index contributed by atoms with van der Waals surface area (Å²) in [6.07, 6.45) is 6.39. The van der Waals surface area contributed by atoms with E-state index in [2.05, 4.69) is 31.7 Å². The molecule has 7 nitrogen and oxygen atoms in total. The van der Waals surface area contributed by atoms with Crippen molar-refractivity contribution < 1.29 is 18.9 Å². The van der Waals surface area contributed by atoms with Gasteiger partial charge < -0.3 is 24.4 Å². The lowest BCUT2D eigenvalue weighted by atomic mass is 10.3. The van der Waals surface area contributed by atoms with Crippen molar-refractivity contribution in [3.63, 3.8) is 0 Å². The maximum Gasteiger partial charge on any atom is 0.0701 e. The molecule has 0 atom stereocenters. The Morgan fingerprint density at radius 1 is 0.808 bits per heavy atom. The van der Waals surface area contributed by atoms with Gasteiger partial charge in [-0.15, -0.1) is 5.53 Å². The molecule has 1 aliphatic rings. The molecule has 0 aromatic rings. The molecule has 0 radical (unpaired) electrons. The molecule has 0 fully saturated rings. The Balaban J connectivity index is 0. The van der Waals surface area contributed by atoms with E-state index >= 15 is 0 Å². The third-order valence-corrected chi connectivity index (χ3v) is 3.02. The fraction of sp³-hybridized carbons (Fsp3) is 0.895. The van der Waals surface area contributed by atoms with Crippen molar-refractivity contribution in [2.75, 3.05) is 59.9 Å². The lowest BCUT2D eigenvalue weighted by Gasteiger charge is -2.08. The van der Waals surface area contributed by atoms with Gasteiger partial charge in [0, 0.05) is 32.0 Å². The lowest BCUT2D eigenvalue weighted by molar-refractivity contribution is -0.00180. The molecule has 0 unspecified atom stereocenters. The molecular formula is C19H43N3O4. The van der Waals surface area contributed by atoms with Gasteiger partial charge in [-0.1, -0.05) is 41.0 Å². The molecule has 0 spiro atoms. The molecular weight excluding hydrogens is 334 g/mol. The number of hydrogen-bond donors (Lipinski definition) is 2. The molecule has 1 rings (SSSR count). The number of hydrogen-bond acceptors (Lipinski definition) is 7. The van der Waals surface area contributed by atoms with Gasteiger partial charge in [-0.25, -0.2) is 0 Å². The summed E-state index contributed by atoms with van der Waals surface area (Å²) in [5.74, 6) is 0. The van der Waals surface area contributed by atoms with E-state index in [1.54, 1.807) is 0 Å². The second-order valence-electron chi connectivity index (χ2n) is 5.76. The maximum atomic E-state index is 5.50. The van der Waals surface area contributed by atoms with Gasteiger partial charge in [0.1, 0.15) is 0 Å². The Kier molecular flexibility index (Phi) is 23.3. The second-order valence-corrected chi connectivity index (χ2v) is 5.76. The number of rotatable bonds is 15. The summed E-state index contributed by atoms with van der Waals surface area (Å²) in [4.78, 5) is 0. The topological polar surface area (TPSA) is 64.2 Å². The molecule has 7 heteroatoms. The van der Waals surface area contributed by atoms with Crippen LogP contribution in [-0.2, 0) is 18.9 Å². The van der Waals surface area contributed by atoms with Gasteiger partial charge in [0.15, 0.2) is 0 Å². The van der Waals surface area contributed by atoms with Crippen molar-refractivity contribution in [1.29, 1.82) is 0 Å². The quantitative estimate of drug-likeness (QED) is 0.425. The van der Waals surface area contributed by atoms with E-state index in [1.165, 1.54) is 12.8 Å². The van der Waals surface area contributed by atoms with Gasteiger partial charge in [-0.3, -0.25) is 5.01 Å². The van der Waals surface area contributed by atoms with Crippen molar-refractivity contribution in [2.24, 2.45) is 0 Å². The Morgan fingerprint density at radius 3 is 1.69 bits per heavy atom. The summed E-state index contributed by atoms with van der Waals surface area (Å²) < 4.78 is 21.7. The van der Waals surface area contributed by atoms with Gasteiger partial charge in [0.2, 0.25) is 0 Å². The van der Waals surface area contributed by atoms with Crippen molar-refractivity contribution in [2.45, 2.75) is 53.9 Å². The van der Waals surface area contributed by atoms with Gasteiger partial charge in [0.05, 0.1) is 46.2 Å². The van der Waals surface area contributed by atoms with Crippen molar-refractivity contribution in [3.05, 3.63) is 11.9 Å². The lowest BCUT2D eigenvalue weighted by Crippen LogP contribution is -2.33. The van der Waals surface area contributed by atoms with Crippen LogP contribution in [0.4, 0.5) is 0 Å². The van der Waals surface area contributed by atoms with Crippen LogP contribution in [0.15, 0.2) is 11.9 Å². The van der Waals surface area contributed by atoms with Gasteiger partial charge in [0.25, 0.3) is 0 Å². The number of ether oxygens (including phenoxy) is 4. The number of unbranched alkanes of at least 4 members (excludes halogenated alkanes) is 1. The minimum Gasteiger partial charge on any atom is -0.379 e. The predicted octanol–water partition coefficient (Wildman–Crippen LogP) is 3.09. The molecule has 0 aromatic heterocycles. The van der Waals surface area contributed by atoms with Crippen LogP contribution >= 0.6 is 0 Å². The monoisotopic (exact) mass is 377 g/mol. The zero-order valence-electron chi connectivity index (χ0n) is 16.6. The number of nitrogens with zero attached hydrogens (tertiary/aromatic N) is 1. The summed E-state index contributed by atoms with van der Waals surface area (Å²) in [7, 11) is 1.94. The van der Waals surface area contributed by atoms with Crippen LogP contribution in [0.1, 0.15) is 53.9 Å². The van der Waals surface area contributed by atoms with Crippen molar-refractivity contribution in [1.82, 2.24) is 16.0 Å². The van der Waals surface area contributed by atoms with Crippen LogP contribution in [-0.4, -0.2) is 64.9 Å². The van der Waals surface area contributed by atoms with E-state index in [4.69, 9.17) is 18.9 Å². The molecule has 26 heavy (non-hydrogen) atoms. The van der Waals surface area contributed by atoms with Crippen LogP contribution < -0.4 is 11.0 Å². The molecule has 158 valence electrons. The average Bonchev–Trinajstić information content (AvgIpc) is 3.01.